The van der Waals surface area contributed by atoms with E-state index in [1.165, 1.54) is 30.4 Å². The predicted molar refractivity (Wildman–Crippen MR) is 85.1 cm³/mol. The highest BCUT2D eigenvalue weighted by Crippen LogP contribution is 2.75. The molecule has 0 N–H and O–H groups in total. The third-order valence-electron chi connectivity index (χ3n) is 6.72. The van der Waals surface area contributed by atoms with Gasteiger partial charge in [-0.3, -0.25) is 0 Å². The van der Waals surface area contributed by atoms with Gasteiger partial charge in [-0.2, -0.15) is 10.2 Å². The molecule has 2 bridgehead atoms. The molecule has 0 saturated heterocycles. The van der Waals surface area contributed by atoms with E-state index in [-0.39, 0.29) is 16.5 Å². The average molecular weight is 280 g/mol. The molecule has 21 heavy (non-hydrogen) atoms. The average Bonchev–Trinajstić information content (AvgIpc) is 3.07. The first kappa shape index (κ1) is 13.2. The second-order valence-corrected chi connectivity index (χ2v) is 7.65. The monoisotopic (exact) mass is 280 g/mol. The fraction of sp³-hybridized carbons (Fsp3) is 0.579. The van der Waals surface area contributed by atoms with Crippen molar-refractivity contribution in [2.24, 2.45) is 27.5 Å². The van der Waals surface area contributed by atoms with Crippen LogP contribution < -0.4 is 0 Å². The van der Waals surface area contributed by atoms with E-state index in [9.17, 15) is 0 Å². The molecular weight excluding hydrogens is 256 g/mol. The molecule has 0 radical (unpaired) electrons. The molecule has 2 fully saturated rings. The zero-order valence-electron chi connectivity index (χ0n) is 13.3. The van der Waals surface area contributed by atoms with E-state index < -0.39 is 0 Å². The van der Waals surface area contributed by atoms with Crippen LogP contribution in [0.4, 0.5) is 0 Å². The van der Waals surface area contributed by atoms with Gasteiger partial charge in [0, 0.05) is 5.41 Å². The predicted octanol–water partition coefficient (Wildman–Crippen LogP) is 5.12. The Morgan fingerprint density at radius 3 is 2.43 bits per heavy atom. The quantitative estimate of drug-likeness (QED) is 0.672. The van der Waals surface area contributed by atoms with Gasteiger partial charge >= 0.3 is 0 Å². The summed E-state index contributed by atoms with van der Waals surface area (Å²) in [6.45, 7) is 11.2. The number of fused-ring (bicyclic) bond motifs is 5. The molecule has 4 atom stereocenters. The van der Waals surface area contributed by atoms with E-state index in [1.54, 1.807) is 0 Å². The maximum Gasteiger partial charge on any atom is 0.117 e. The summed E-state index contributed by atoms with van der Waals surface area (Å²) in [4.78, 5) is 0. The van der Waals surface area contributed by atoms with E-state index >= 15 is 0 Å². The minimum Gasteiger partial charge on any atom is -0.181 e. The van der Waals surface area contributed by atoms with Crippen molar-refractivity contribution in [3.63, 3.8) is 0 Å². The molecule has 2 saturated carbocycles. The number of hydrogen-bond donors (Lipinski definition) is 0. The molecule has 1 heterocycles. The van der Waals surface area contributed by atoms with Gasteiger partial charge in [0.15, 0.2) is 0 Å². The summed E-state index contributed by atoms with van der Waals surface area (Å²) in [5.41, 5.74) is 2.22. The van der Waals surface area contributed by atoms with E-state index in [1.807, 2.05) is 0 Å². The minimum absolute atomic E-state index is 0.00292. The molecular formula is C19H24N2. The lowest BCUT2D eigenvalue weighted by molar-refractivity contribution is 0.160. The van der Waals surface area contributed by atoms with Gasteiger partial charge in [0.1, 0.15) is 11.1 Å². The molecule has 2 nitrogen and oxygen atoms in total. The number of rotatable bonds is 2. The Bertz CT molecular complexity index is 630. The normalized spacial score (nSPS) is 42.2. The highest BCUT2D eigenvalue weighted by atomic mass is 15.3. The summed E-state index contributed by atoms with van der Waals surface area (Å²) in [5.74, 6) is 1.23. The minimum atomic E-state index is -0.163. The number of benzene rings is 1. The van der Waals surface area contributed by atoms with E-state index in [0.29, 0.717) is 11.8 Å². The van der Waals surface area contributed by atoms with Crippen molar-refractivity contribution in [1.82, 2.24) is 0 Å². The number of azo groups is 1. The standard InChI is InChI=1S/C19H24N2/c1-13(2)18-15-11-8-12-16(15)19(21-20-18,17(18,3)4)14-9-6-5-7-10-14/h5-7,9-10,15-16H,1,8,11-12H2,2-4H3/t15-,16+,18-,19+/m0/s1. The lowest BCUT2D eigenvalue weighted by atomic mass is 9.61. The summed E-state index contributed by atoms with van der Waals surface area (Å²) >= 11 is 0. The number of nitrogens with zero attached hydrogens (tertiary/aromatic N) is 2. The molecule has 0 spiro atoms. The molecule has 1 aromatic carbocycles. The van der Waals surface area contributed by atoms with Gasteiger partial charge in [-0.25, -0.2) is 0 Å². The summed E-state index contributed by atoms with van der Waals surface area (Å²) in [6, 6.07) is 10.9. The highest BCUT2D eigenvalue weighted by Gasteiger charge is 2.77. The van der Waals surface area contributed by atoms with Crippen LogP contribution in [0.1, 0.15) is 45.6 Å². The molecule has 1 aromatic rings. The van der Waals surface area contributed by atoms with E-state index in [0.717, 1.165) is 0 Å². The van der Waals surface area contributed by atoms with Crippen LogP contribution in [0.5, 0.6) is 0 Å². The van der Waals surface area contributed by atoms with E-state index in [2.05, 4.69) is 57.7 Å². The van der Waals surface area contributed by atoms with Crippen molar-refractivity contribution < 1.29 is 0 Å². The van der Waals surface area contributed by atoms with Crippen LogP contribution in [0.2, 0.25) is 0 Å². The first-order valence-electron chi connectivity index (χ1n) is 8.14. The summed E-state index contributed by atoms with van der Waals surface area (Å²) in [7, 11) is 0. The third kappa shape index (κ3) is 1.18. The van der Waals surface area contributed by atoms with Gasteiger partial charge in [0.25, 0.3) is 0 Å². The van der Waals surface area contributed by atoms with Crippen molar-refractivity contribution >= 4 is 0 Å². The smallest absolute Gasteiger partial charge is 0.117 e. The molecule has 110 valence electrons. The fourth-order valence-corrected chi connectivity index (χ4v) is 5.99. The van der Waals surface area contributed by atoms with Crippen LogP contribution in [-0.4, -0.2) is 5.54 Å². The third-order valence-corrected chi connectivity index (χ3v) is 6.72. The molecule has 0 unspecified atom stereocenters. The molecule has 4 rings (SSSR count). The van der Waals surface area contributed by atoms with Crippen LogP contribution in [0.25, 0.3) is 0 Å². The molecule has 2 aliphatic carbocycles. The first-order chi connectivity index (χ1) is 9.98. The molecule has 2 heteroatoms. The SMILES string of the molecule is C=C(C)[C@]12N=N[C@](c3ccccc3)([C@@H]3CCC[C@@H]31)C2(C)C. The van der Waals surface area contributed by atoms with Gasteiger partial charge in [0.2, 0.25) is 0 Å². The molecule has 1 aliphatic heterocycles. The fourth-order valence-electron chi connectivity index (χ4n) is 5.99. The zero-order valence-corrected chi connectivity index (χ0v) is 13.3. The number of hydrogen-bond acceptors (Lipinski definition) is 2. The molecule has 3 aliphatic rings. The Kier molecular flexibility index (Phi) is 2.43. The Morgan fingerprint density at radius 1 is 1.10 bits per heavy atom. The van der Waals surface area contributed by atoms with Crippen molar-refractivity contribution in [3.05, 3.63) is 48.0 Å². The van der Waals surface area contributed by atoms with Gasteiger partial charge in [0.05, 0.1) is 0 Å². The lowest BCUT2D eigenvalue weighted by Gasteiger charge is -2.42. The lowest BCUT2D eigenvalue weighted by Crippen LogP contribution is -2.46. The molecule has 0 aromatic heterocycles. The van der Waals surface area contributed by atoms with Crippen LogP contribution >= 0.6 is 0 Å². The topological polar surface area (TPSA) is 24.7 Å². The highest BCUT2D eigenvalue weighted by molar-refractivity contribution is 5.44. The summed E-state index contributed by atoms with van der Waals surface area (Å²) < 4.78 is 0. The van der Waals surface area contributed by atoms with Gasteiger partial charge in [-0.05, 0) is 37.2 Å². The Hall–Kier alpha value is -1.44. The van der Waals surface area contributed by atoms with Crippen LogP contribution in [-0.2, 0) is 5.54 Å². The van der Waals surface area contributed by atoms with Crippen molar-refractivity contribution in [1.29, 1.82) is 0 Å². The van der Waals surface area contributed by atoms with Crippen LogP contribution in [0.15, 0.2) is 52.7 Å². The van der Waals surface area contributed by atoms with Crippen molar-refractivity contribution in [3.8, 4) is 0 Å². The van der Waals surface area contributed by atoms with Crippen molar-refractivity contribution in [2.45, 2.75) is 51.1 Å². The largest absolute Gasteiger partial charge is 0.181 e. The van der Waals surface area contributed by atoms with E-state index in [4.69, 9.17) is 10.2 Å². The zero-order chi connectivity index (χ0) is 14.9. The first-order valence-corrected chi connectivity index (χ1v) is 8.14. The maximum absolute atomic E-state index is 4.96. The Labute approximate surface area is 127 Å². The van der Waals surface area contributed by atoms with Crippen molar-refractivity contribution in [2.75, 3.05) is 0 Å². The summed E-state index contributed by atoms with van der Waals surface area (Å²) in [5, 5.41) is 9.86. The second-order valence-electron chi connectivity index (χ2n) is 7.65. The van der Waals surface area contributed by atoms with Crippen LogP contribution in [0, 0.1) is 17.3 Å². The summed E-state index contributed by atoms with van der Waals surface area (Å²) in [6.07, 6.45) is 3.85. The Morgan fingerprint density at radius 2 is 1.76 bits per heavy atom. The van der Waals surface area contributed by atoms with Gasteiger partial charge in [-0.15, -0.1) is 0 Å². The Balaban J connectivity index is 2.01. The van der Waals surface area contributed by atoms with Crippen LogP contribution in [0.3, 0.4) is 0 Å². The molecule has 0 amide bonds. The van der Waals surface area contributed by atoms with Gasteiger partial charge in [-0.1, -0.05) is 62.8 Å². The van der Waals surface area contributed by atoms with Gasteiger partial charge < -0.3 is 0 Å². The maximum atomic E-state index is 4.96. The second kappa shape index (κ2) is 3.85.